The number of rotatable bonds is 3. The first-order valence-corrected chi connectivity index (χ1v) is 9.02. The van der Waals surface area contributed by atoms with Crippen LogP contribution >= 0.6 is 0 Å². The summed E-state index contributed by atoms with van der Waals surface area (Å²) in [6.07, 6.45) is 3.89. The molecule has 0 radical (unpaired) electrons. The Morgan fingerprint density at radius 3 is 2.27 bits per heavy atom. The lowest BCUT2D eigenvalue weighted by atomic mass is 9.80. The summed E-state index contributed by atoms with van der Waals surface area (Å²) in [4.78, 5) is 4.52. The van der Waals surface area contributed by atoms with Crippen LogP contribution in [-0.2, 0) is 18.4 Å². The standard InChI is InChI=1S/C24H19NO/c26-24(19-8-2-1-3-9-19,22-11-4-5-16-25-22)21-15-14-18-13-12-17-7-6-10-20(21)23(17)18/h1-11,14-16,26H,12-13H2/t24-/m0/s1. The Hall–Kier alpha value is -2.97. The number of pyridine rings is 1. The fourth-order valence-corrected chi connectivity index (χ4v) is 4.26. The number of hydrogen-bond donors (Lipinski definition) is 1. The van der Waals surface area contributed by atoms with Crippen LogP contribution in [0.25, 0.3) is 10.8 Å². The van der Waals surface area contributed by atoms with Crippen LogP contribution in [0.5, 0.6) is 0 Å². The van der Waals surface area contributed by atoms with E-state index < -0.39 is 5.60 Å². The minimum absolute atomic E-state index is 0.643. The van der Waals surface area contributed by atoms with Gasteiger partial charge in [0.15, 0.2) is 5.60 Å². The van der Waals surface area contributed by atoms with Crippen LogP contribution in [0.4, 0.5) is 0 Å². The summed E-state index contributed by atoms with van der Waals surface area (Å²) in [5.41, 5.74) is 3.82. The first-order chi connectivity index (χ1) is 12.8. The van der Waals surface area contributed by atoms with E-state index in [1.807, 2.05) is 48.5 Å². The summed E-state index contributed by atoms with van der Waals surface area (Å²) in [6.45, 7) is 0. The first-order valence-electron chi connectivity index (χ1n) is 9.02. The minimum Gasteiger partial charge on any atom is -0.374 e. The van der Waals surface area contributed by atoms with Crippen molar-refractivity contribution in [1.82, 2.24) is 4.98 Å². The van der Waals surface area contributed by atoms with Crippen LogP contribution < -0.4 is 0 Å². The van der Waals surface area contributed by atoms with Crippen molar-refractivity contribution in [2.45, 2.75) is 18.4 Å². The van der Waals surface area contributed by atoms with Crippen LogP contribution in [0.1, 0.15) is 27.9 Å². The lowest BCUT2D eigenvalue weighted by Crippen LogP contribution is -2.30. The highest BCUT2D eigenvalue weighted by Gasteiger charge is 2.37. The molecular weight excluding hydrogens is 318 g/mol. The molecule has 3 aromatic carbocycles. The van der Waals surface area contributed by atoms with Crippen molar-refractivity contribution in [2.75, 3.05) is 0 Å². The molecule has 0 saturated heterocycles. The molecular formula is C24H19NO. The van der Waals surface area contributed by atoms with Crippen molar-refractivity contribution in [1.29, 1.82) is 0 Å². The second-order valence-electron chi connectivity index (χ2n) is 6.90. The molecule has 0 aliphatic heterocycles. The summed E-state index contributed by atoms with van der Waals surface area (Å²) in [5, 5.41) is 14.5. The Kier molecular flexibility index (Phi) is 3.41. The van der Waals surface area contributed by atoms with E-state index in [-0.39, 0.29) is 0 Å². The van der Waals surface area contributed by atoms with Gasteiger partial charge in [0.25, 0.3) is 0 Å². The fraction of sp³-hybridized carbons (Fsp3) is 0.125. The van der Waals surface area contributed by atoms with E-state index >= 15 is 0 Å². The number of aryl methyl sites for hydroxylation is 2. The largest absolute Gasteiger partial charge is 0.374 e. The topological polar surface area (TPSA) is 33.1 Å². The zero-order valence-corrected chi connectivity index (χ0v) is 14.4. The first kappa shape index (κ1) is 15.3. The second-order valence-corrected chi connectivity index (χ2v) is 6.90. The number of hydrogen-bond acceptors (Lipinski definition) is 2. The summed E-state index contributed by atoms with van der Waals surface area (Å²) >= 11 is 0. The summed E-state index contributed by atoms with van der Waals surface area (Å²) in [5.74, 6) is 0. The molecule has 1 aliphatic rings. The molecule has 0 amide bonds. The van der Waals surface area contributed by atoms with Gasteiger partial charge in [0.2, 0.25) is 0 Å². The Labute approximate surface area is 152 Å². The van der Waals surface area contributed by atoms with E-state index in [0.717, 1.165) is 29.4 Å². The number of aliphatic hydroxyl groups is 1. The highest BCUT2D eigenvalue weighted by molar-refractivity contribution is 5.94. The summed E-state index contributed by atoms with van der Waals surface area (Å²) in [6, 6.07) is 26.2. The van der Waals surface area contributed by atoms with Gasteiger partial charge >= 0.3 is 0 Å². The van der Waals surface area contributed by atoms with Crippen LogP contribution in [-0.4, -0.2) is 10.1 Å². The third kappa shape index (κ3) is 2.12. The van der Waals surface area contributed by atoms with Crippen molar-refractivity contribution >= 4 is 10.8 Å². The molecule has 26 heavy (non-hydrogen) atoms. The molecule has 126 valence electrons. The number of aromatic nitrogens is 1. The van der Waals surface area contributed by atoms with Crippen molar-refractivity contribution in [3.63, 3.8) is 0 Å². The molecule has 0 bridgehead atoms. The molecule has 1 atom stereocenters. The molecule has 0 fully saturated rings. The molecule has 1 heterocycles. The minimum atomic E-state index is -1.29. The normalized spacial score (nSPS) is 15.1. The summed E-state index contributed by atoms with van der Waals surface area (Å²) in [7, 11) is 0. The molecule has 1 aromatic heterocycles. The maximum absolute atomic E-state index is 12.1. The van der Waals surface area contributed by atoms with Gasteiger partial charge in [-0.15, -0.1) is 0 Å². The quantitative estimate of drug-likeness (QED) is 0.592. The molecule has 5 rings (SSSR count). The van der Waals surface area contributed by atoms with Crippen molar-refractivity contribution in [3.05, 3.63) is 113 Å². The van der Waals surface area contributed by atoms with E-state index in [4.69, 9.17) is 0 Å². The monoisotopic (exact) mass is 337 g/mol. The maximum Gasteiger partial charge on any atom is 0.157 e. The van der Waals surface area contributed by atoms with Gasteiger partial charge in [0.1, 0.15) is 0 Å². The smallest absolute Gasteiger partial charge is 0.157 e. The molecule has 0 saturated carbocycles. The van der Waals surface area contributed by atoms with E-state index in [0.29, 0.717) is 5.69 Å². The molecule has 0 unspecified atom stereocenters. The van der Waals surface area contributed by atoms with Crippen LogP contribution in [0, 0.1) is 0 Å². The lowest BCUT2D eigenvalue weighted by molar-refractivity contribution is 0.122. The predicted octanol–water partition coefficient (Wildman–Crippen LogP) is 4.62. The Balaban J connectivity index is 1.87. The Bertz CT molecular complexity index is 1040. The average molecular weight is 337 g/mol. The van der Waals surface area contributed by atoms with Crippen LogP contribution in [0.2, 0.25) is 0 Å². The van der Waals surface area contributed by atoms with Gasteiger partial charge in [-0.3, -0.25) is 4.98 Å². The zero-order chi connectivity index (χ0) is 17.6. The SMILES string of the molecule is O[C@](c1ccccc1)(c1ccccn1)c1ccc2c3c(cccc13)CC2. The highest BCUT2D eigenvalue weighted by Crippen LogP contribution is 2.42. The third-order valence-electron chi connectivity index (χ3n) is 5.49. The molecule has 4 aromatic rings. The second kappa shape index (κ2) is 5.79. The van der Waals surface area contributed by atoms with E-state index in [1.165, 1.54) is 16.5 Å². The van der Waals surface area contributed by atoms with Gasteiger partial charge in [0, 0.05) is 11.8 Å². The van der Waals surface area contributed by atoms with Gasteiger partial charge < -0.3 is 5.11 Å². The lowest BCUT2D eigenvalue weighted by Gasteiger charge is -2.30. The predicted molar refractivity (Wildman–Crippen MR) is 104 cm³/mol. The van der Waals surface area contributed by atoms with Crippen molar-refractivity contribution in [2.24, 2.45) is 0 Å². The van der Waals surface area contributed by atoms with Crippen LogP contribution in [0.15, 0.2) is 85.1 Å². The molecule has 1 aliphatic carbocycles. The van der Waals surface area contributed by atoms with Gasteiger partial charge in [-0.05, 0) is 52.4 Å². The van der Waals surface area contributed by atoms with Crippen molar-refractivity contribution < 1.29 is 5.11 Å². The van der Waals surface area contributed by atoms with E-state index in [9.17, 15) is 5.11 Å². The molecule has 2 nitrogen and oxygen atoms in total. The number of benzene rings is 3. The zero-order valence-electron chi connectivity index (χ0n) is 14.4. The number of nitrogens with zero attached hydrogens (tertiary/aromatic N) is 1. The Morgan fingerprint density at radius 2 is 1.50 bits per heavy atom. The van der Waals surface area contributed by atoms with Gasteiger partial charge in [-0.1, -0.05) is 66.7 Å². The van der Waals surface area contributed by atoms with Gasteiger partial charge in [-0.2, -0.15) is 0 Å². The average Bonchev–Trinajstić information content (AvgIpc) is 3.14. The highest BCUT2D eigenvalue weighted by atomic mass is 16.3. The fourth-order valence-electron chi connectivity index (χ4n) is 4.26. The van der Waals surface area contributed by atoms with E-state index in [2.05, 4.69) is 35.3 Å². The summed E-state index contributed by atoms with van der Waals surface area (Å²) < 4.78 is 0. The Morgan fingerprint density at radius 1 is 0.731 bits per heavy atom. The van der Waals surface area contributed by atoms with Crippen LogP contribution in [0.3, 0.4) is 0 Å². The van der Waals surface area contributed by atoms with Gasteiger partial charge in [0.05, 0.1) is 5.69 Å². The van der Waals surface area contributed by atoms with Crippen molar-refractivity contribution in [3.8, 4) is 0 Å². The van der Waals surface area contributed by atoms with E-state index in [1.54, 1.807) is 6.20 Å². The maximum atomic E-state index is 12.1. The molecule has 2 heteroatoms. The molecule has 1 N–H and O–H groups in total. The molecule has 0 spiro atoms. The van der Waals surface area contributed by atoms with Gasteiger partial charge in [-0.25, -0.2) is 0 Å². The third-order valence-corrected chi connectivity index (χ3v) is 5.49.